The van der Waals surface area contributed by atoms with Gasteiger partial charge < -0.3 is 5.11 Å². The fourth-order valence-corrected chi connectivity index (χ4v) is 1.22. The molecule has 0 aliphatic heterocycles. The number of hydrogen-bond donors (Lipinski definition) is 1. The Kier molecular flexibility index (Phi) is 3.39. The number of aliphatic hydroxyl groups is 1. The molecule has 78 valence electrons. The van der Waals surface area contributed by atoms with Gasteiger partial charge in [0.25, 0.3) is 0 Å². The fourth-order valence-electron chi connectivity index (χ4n) is 1.09. The Morgan fingerprint density at radius 3 is 2.07 bits per heavy atom. The summed E-state index contributed by atoms with van der Waals surface area (Å²) in [7, 11) is 0. The zero-order chi connectivity index (χ0) is 10.8. The first-order chi connectivity index (χ1) is 6.45. The third-order valence-electron chi connectivity index (χ3n) is 1.85. The monoisotopic (exact) mass is 224 g/mol. The molecule has 0 aliphatic carbocycles. The first-order valence-electron chi connectivity index (χ1n) is 3.88. The summed E-state index contributed by atoms with van der Waals surface area (Å²) in [6, 6.07) is 5.25. The Labute approximate surface area is 84.1 Å². The molecular weight excluding hydrogens is 217 g/mol. The van der Waals surface area contributed by atoms with E-state index in [1.165, 1.54) is 24.3 Å². The van der Waals surface area contributed by atoms with E-state index in [4.69, 9.17) is 16.7 Å². The van der Waals surface area contributed by atoms with E-state index in [1.54, 1.807) is 0 Å². The van der Waals surface area contributed by atoms with Gasteiger partial charge in [0.05, 0.1) is 6.61 Å². The highest BCUT2D eigenvalue weighted by Gasteiger charge is 2.40. The summed E-state index contributed by atoms with van der Waals surface area (Å²) in [6.07, 6.45) is -4.43. The van der Waals surface area contributed by atoms with E-state index in [2.05, 4.69) is 0 Å². The third kappa shape index (κ3) is 2.62. The molecule has 1 unspecified atom stereocenters. The molecule has 14 heavy (non-hydrogen) atoms. The lowest BCUT2D eigenvalue weighted by molar-refractivity contribution is -0.158. The number of alkyl halides is 3. The second kappa shape index (κ2) is 4.19. The van der Waals surface area contributed by atoms with E-state index in [9.17, 15) is 13.2 Å². The van der Waals surface area contributed by atoms with Crippen molar-refractivity contribution in [3.8, 4) is 0 Å². The van der Waals surface area contributed by atoms with Crippen LogP contribution in [0.2, 0.25) is 5.02 Å². The number of hydrogen-bond acceptors (Lipinski definition) is 1. The van der Waals surface area contributed by atoms with Gasteiger partial charge >= 0.3 is 6.18 Å². The molecule has 0 bridgehead atoms. The topological polar surface area (TPSA) is 20.2 Å². The summed E-state index contributed by atoms with van der Waals surface area (Å²) >= 11 is 5.53. The summed E-state index contributed by atoms with van der Waals surface area (Å²) in [5.41, 5.74) is 0.0180. The highest BCUT2D eigenvalue weighted by molar-refractivity contribution is 6.30. The van der Waals surface area contributed by atoms with Crippen LogP contribution in [-0.2, 0) is 0 Å². The summed E-state index contributed by atoms with van der Waals surface area (Å²) in [5.74, 6) is -1.83. The normalized spacial score (nSPS) is 14.1. The maximum atomic E-state index is 12.3. The summed E-state index contributed by atoms with van der Waals surface area (Å²) in [6.45, 7) is -0.953. The third-order valence-corrected chi connectivity index (χ3v) is 2.10. The molecule has 0 heterocycles. The Hall–Kier alpha value is -0.740. The zero-order valence-electron chi connectivity index (χ0n) is 7.05. The van der Waals surface area contributed by atoms with Gasteiger partial charge in [0.1, 0.15) is 5.92 Å². The molecule has 1 atom stereocenters. The van der Waals surface area contributed by atoms with Gasteiger partial charge in [-0.2, -0.15) is 13.2 Å². The van der Waals surface area contributed by atoms with E-state index in [0.717, 1.165) is 0 Å². The molecule has 0 fully saturated rings. The predicted molar refractivity (Wildman–Crippen MR) is 47.3 cm³/mol. The molecule has 1 aromatic carbocycles. The SMILES string of the molecule is OCC(c1ccc(Cl)cc1)C(F)(F)F. The lowest BCUT2D eigenvalue weighted by Crippen LogP contribution is -2.23. The Morgan fingerprint density at radius 2 is 1.71 bits per heavy atom. The van der Waals surface area contributed by atoms with Crippen molar-refractivity contribution in [1.29, 1.82) is 0 Å². The molecule has 1 nitrogen and oxygen atoms in total. The van der Waals surface area contributed by atoms with E-state index in [0.29, 0.717) is 5.02 Å². The molecule has 5 heteroatoms. The molecule has 0 saturated carbocycles. The first-order valence-corrected chi connectivity index (χ1v) is 4.26. The molecular formula is C9H8ClF3O. The van der Waals surface area contributed by atoms with E-state index < -0.39 is 18.7 Å². The van der Waals surface area contributed by atoms with Crippen molar-refractivity contribution in [3.63, 3.8) is 0 Å². The number of aliphatic hydroxyl groups excluding tert-OH is 1. The smallest absolute Gasteiger partial charge is 0.395 e. The van der Waals surface area contributed by atoms with Crippen molar-refractivity contribution in [2.75, 3.05) is 6.61 Å². The first kappa shape index (κ1) is 11.3. The van der Waals surface area contributed by atoms with Gasteiger partial charge in [0.2, 0.25) is 0 Å². The highest BCUT2D eigenvalue weighted by atomic mass is 35.5. The maximum absolute atomic E-state index is 12.3. The van der Waals surface area contributed by atoms with Gasteiger partial charge in [-0.15, -0.1) is 0 Å². The van der Waals surface area contributed by atoms with Crippen LogP contribution < -0.4 is 0 Å². The largest absolute Gasteiger partial charge is 0.397 e. The zero-order valence-corrected chi connectivity index (χ0v) is 7.81. The van der Waals surface area contributed by atoms with E-state index >= 15 is 0 Å². The van der Waals surface area contributed by atoms with Gasteiger partial charge in [-0.05, 0) is 17.7 Å². The molecule has 0 aromatic heterocycles. The van der Waals surface area contributed by atoms with E-state index in [1.807, 2.05) is 0 Å². The van der Waals surface area contributed by atoms with Crippen LogP contribution in [0, 0.1) is 0 Å². The van der Waals surface area contributed by atoms with Gasteiger partial charge in [-0.1, -0.05) is 23.7 Å². The Balaban J connectivity index is 2.96. The second-order valence-corrected chi connectivity index (χ2v) is 3.26. The van der Waals surface area contributed by atoms with Crippen molar-refractivity contribution in [2.24, 2.45) is 0 Å². The minimum atomic E-state index is -4.43. The average Bonchev–Trinajstić information content (AvgIpc) is 2.07. The van der Waals surface area contributed by atoms with Crippen molar-refractivity contribution >= 4 is 11.6 Å². The van der Waals surface area contributed by atoms with Crippen LogP contribution in [0.25, 0.3) is 0 Å². The lowest BCUT2D eigenvalue weighted by Gasteiger charge is -2.17. The van der Waals surface area contributed by atoms with Crippen molar-refractivity contribution < 1.29 is 18.3 Å². The van der Waals surface area contributed by atoms with Crippen LogP contribution in [0.1, 0.15) is 11.5 Å². The number of halogens is 4. The van der Waals surface area contributed by atoms with Gasteiger partial charge in [-0.25, -0.2) is 0 Å². The van der Waals surface area contributed by atoms with Crippen LogP contribution in [0.5, 0.6) is 0 Å². The highest BCUT2D eigenvalue weighted by Crippen LogP contribution is 2.34. The van der Waals surface area contributed by atoms with Crippen LogP contribution >= 0.6 is 11.6 Å². The molecule has 0 saturated heterocycles. The van der Waals surface area contributed by atoms with Crippen molar-refractivity contribution in [2.45, 2.75) is 12.1 Å². The molecule has 1 rings (SSSR count). The minimum Gasteiger partial charge on any atom is -0.395 e. The molecule has 1 aromatic rings. The van der Waals surface area contributed by atoms with Crippen LogP contribution in [-0.4, -0.2) is 17.9 Å². The standard InChI is InChI=1S/C9H8ClF3O/c10-7-3-1-6(2-4-7)8(5-14)9(11,12)13/h1-4,8,14H,5H2. The summed E-state index contributed by atoms with van der Waals surface area (Å²) in [5, 5.41) is 9.00. The van der Waals surface area contributed by atoms with E-state index in [-0.39, 0.29) is 5.56 Å². The Morgan fingerprint density at radius 1 is 1.21 bits per heavy atom. The number of rotatable bonds is 2. The predicted octanol–water partition coefficient (Wildman–Crippen LogP) is 2.98. The molecule has 0 radical (unpaired) electrons. The maximum Gasteiger partial charge on any atom is 0.397 e. The molecule has 0 amide bonds. The van der Waals surface area contributed by atoms with Crippen molar-refractivity contribution in [3.05, 3.63) is 34.9 Å². The van der Waals surface area contributed by atoms with Gasteiger partial charge in [-0.3, -0.25) is 0 Å². The Bertz CT molecular complexity index is 294. The minimum absolute atomic E-state index is 0.0180. The van der Waals surface area contributed by atoms with Gasteiger partial charge in [0.15, 0.2) is 0 Å². The van der Waals surface area contributed by atoms with Crippen LogP contribution in [0.4, 0.5) is 13.2 Å². The fraction of sp³-hybridized carbons (Fsp3) is 0.333. The van der Waals surface area contributed by atoms with Crippen LogP contribution in [0.3, 0.4) is 0 Å². The van der Waals surface area contributed by atoms with Gasteiger partial charge in [0, 0.05) is 5.02 Å². The quantitative estimate of drug-likeness (QED) is 0.819. The van der Waals surface area contributed by atoms with Crippen LogP contribution in [0.15, 0.2) is 24.3 Å². The lowest BCUT2D eigenvalue weighted by atomic mass is 10.00. The molecule has 0 aliphatic rings. The summed E-state index contributed by atoms with van der Waals surface area (Å²) in [4.78, 5) is 0. The summed E-state index contributed by atoms with van der Waals surface area (Å²) < 4.78 is 36.9. The van der Waals surface area contributed by atoms with Crippen molar-refractivity contribution in [1.82, 2.24) is 0 Å². The molecule has 0 spiro atoms. The second-order valence-electron chi connectivity index (χ2n) is 2.83. The average molecular weight is 225 g/mol. The molecule has 1 N–H and O–H groups in total. The number of benzene rings is 1.